The lowest BCUT2D eigenvalue weighted by molar-refractivity contribution is 0.415. The van der Waals surface area contributed by atoms with Gasteiger partial charge in [-0.25, -0.2) is 4.98 Å². The highest BCUT2D eigenvalue weighted by Crippen LogP contribution is 2.18. The van der Waals surface area contributed by atoms with Gasteiger partial charge in [-0.05, 0) is 37.6 Å². The molecule has 1 aromatic carbocycles. The zero-order valence-electron chi connectivity index (χ0n) is 10.2. The molecule has 1 aliphatic heterocycles. The van der Waals surface area contributed by atoms with Crippen LogP contribution < -0.4 is 15.6 Å². The van der Waals surface area contributed by atoms with Gasteiger partial charge in [-0.1, -0.05) is 0 Å². The molecule has 1 N–H and O–H groups in total. The van der Waals surface area contributed by atoms with E-state index in [1.165, 1.54) is 0 Å². The fourth-order valence-electron chi connectivity index (χ4n) is 2.37. The molecule has 1 unspecified atom stereocenters. The summed E-state index contributed by atoms with van der Waals surface area (Å²) in [6, 6.07) is 5.37. The molecule has 1 aliphatic rings. The molecule has 0 aliphatic carbocycles. The molecule has 5 heteroatoms. The lowest BCUT2D eigenvalue weighted by Crippen LogP contribution is -2.30. The van der Waals surface area contributed by atoms with E-state index in [1.54, 1.807) is 24.1 Å². The predicted molar refractivity (Wildman–Crippen MR) is 68.8 cm³/mol. The first-order valence-corrected chi connectivity index (χ1v) is 6.08. The predicted octanol–water partition coefficient (Wildman–Crippen LogP) is 1.29. The van der Waals surface area contributed by atoms with Crippen molar-refractivity contribution in [3.05, 3.63) is 34.9 Å². The Morgan fingerprint density at radius 3 is 3.11 bits per heavy atom. The van der Waals surface area contributed by atoms with Gasteiger partial charge in [0.15, 0.2) is 0 Å². The summed E-state index contributed by atoms with van der Waals surface area (Å²) in [7, 11) is 1.59. The molecule has 1 saturated heterocycles. The maximum Gasteiger partial charge on any atom is 0.262 e. The highest BCUT2D eigenvalue weighted by Gasteiger charge is 2.18. The first-order chi connectivity index (χ1) is 8.79. The molecule has 1 atom stereocenters. The summed E-state index contributed by atoms with van der Waals surface area (Å²) in [5, 5.41) is 3.90. The fraction of sp³-hybridized carbons (Fsp3) is 0.385. The van der Waals surface area contributed by atoms with E-state index in [2.05, 4.69) is 10.3 Å². The number of nitrogens with zero attached hydrogens (tertiary/aromatic N) is 2. The summed E-state index contributed by atoms with van der Waals surface area (Å²) >= 11 is 0. The van der Waals surface area contributed by atoms with E-state index in [0.29, 0.717) is 16.7 Å². The lowest BCUT2D eigenvalue weighted by atomic mass is 10.2. The Morgan fingerprint density at radius 1 is 1.50 bits per heavy atom. The Morgan fingerprint density at radius 2 is 2.39 bits per heavy atom. The van der Waals surface area contributed by atoms with Crippen molar-refractivity contribution in [1.82, 2.24) is 14.9 Å². The number of aromatic nitrogens is 2. The van der Waals surface area contributed by atoms with Gasteiger partial charge < -0.3 is 4.74 Å². The summed E-state index contributed by atoms with van der Waals surface area (Å²) in [5.41, 5.74) is 0.688. The molecule has 5 nitrogen and oxygen atoms in total. The van der Waals surface area contributed by atoms with Crippen molar-refractivity contribution < 1.29 is 4.74 Å². The average Bonchev–Trinajstić information content (AvgIpc) is 2.93. The number of hydrogen-bond acceptors (Lipinski definition) is 4. The molecule has 0 bridgehead atoms. The molecule has 0 spiro atoms. The molecule has 94 valence electrons. The van der Waals surface area contributed by atoms with Crippen LogP contribution in [0.2, 0.25) is 0 Å². The van der Waals surface area contributed by atoms with Crippen LogP contribution in [-0.2, 0) is 0 Å². The summed E-state index contributed by atoms with van der Waals surface area (Å²) in [6.07, 6.45) is 3.75. The van der Waals surface area contributed by atoms with E-state index in [9.17, 15) is 4.79 Å². The van der Waals surface area contributed by atoms with Crippen molar-refractivity contribution in [2.45, 2.75) is 19.0 Å². The summed E-state index contributed by atoms with van der Waals surface area (Å²) in [4.78, 5) is 16.7. The third-order valence-electron chi connectivity index (χ3n) is 3.36. The van der Waals surface area contributed by atoms with E-state index in [1.807, 2.05) is 12.1 Å². The normalized spacial score (nSPS) is 19.3. The average molecular weight is 245 g/mol. The van der Waals surface area contributed by atoms with E-state index in [4.69, 9.17) is 4.74 Å². The van der Waals surface area contributed by atoms with Crippen molar-refractivity contribution in [3.63, 3.8) is 0 Å². The topological polar surface area (TPSA) is 56.1 Å². The monoisotopic (exact) mass is 245 g/mol. The molecular weight excluding hydrogens is 230 g/mol. The van der Waals surface area contributed by atoms with Crippen LogP contribution in [0.25, 0.3) is 10.9 Å². The van der Waals surface area contributed by atoms with Crippen LogP contribution in [0.5, 0.6) is 5.75 Å². The number of hydrogen-bond donors (Lipinski definition) is 1. The van der Waals surface area contributed by atoms with Crippen LogP contribution in [0.4, 0.5) is 0 Å². The Hall–Kier alpha value is -1.88. The van der Waals surface area contributed by atoms with Gasteiger partial charge in [0, 0.05) is 0 Å². The molecule has 0 radical (unpaired) electrons. The van der Waals surface area contributed by atoms with E-state index < -0.39 is 0 Å². The quantitative estimate of drug-likeness (QED) is 0.866. The minimum atomic E-state index is -0.0155. The lowest BCUT2D eigenvalue weighted by Gasteiger charge is -2.14. The molecule has 0 saturated carbocycles. The number of methoxy groups -OCH3 is 1. The summed E-state index contributed by atoms with van der Waals surface area (Å²) in [6.45, 7) is 0.952. The van der Waals surface area contributed by atoms with Crippen molar-refractivity contribution in [1.29, 1.82) is 0 Å². The maximum absolute atomic E-state index is 12.4. The third kappa shape index (κ3) is 1.76. The van der Waals surface area contributed by atoms with Crippen LogP contribution in [0.1, 0.15) is 19.0 Å². The number of benzene rings is 1. The fourth-order valence-corrected chi connectivity index (χ4v) is 2.37. The Kier molecular flexibility index (Phi) is 2.76. The number of rotatable bonds is 2. The van der Waals surface area contributed by atoms with Crippen LogP contribution in [0.3, 0.4) is 0 Å². The largest absolute Gasteiger partial charge is 0.497 e. The van der Waals surface area contributed by atoms with Gasteiger partial charge in [0.05, 0.1) is 30.5 Å². The molecule has 1 fully saturated rings. The highest BCUT2D eigenvalue weighted by molar-refractivity contribution is 5.78. The second kappa shape index (κ2) is 4.42. The van der Waals surface area contributed by atoms with Crippen LogP contribution >= 0.6 is 0 Å². The minimum absolute atomic E-state index is 0.0155. The van der Waals surface area contributed by atoms with Crippen molar-refractivity contribution >= 4 is 10.9 Å². The van der Waals surface area contributed by atoms with E-state index in [-0.39, 0.29) is 11.7 Å². The Bertz CT molecular complexity index is 630. The molecule has 0 amide bonds. The van der Waals surface area contributed by atoms with Gasteiger partial charge in [0.25, 0.3) is 5.56 Å². The van der Waals surface area contributed by atoms with Gasteiger partial charge in [-0.15, -0.1) is 0 Å². The Balaban J connectivity index is 2.17. The minimum Gasteiger partial charge on any atom is -0.497 e. The van der Waals surface area contributed by atoms with Gasteiger partial charge in [-0.3, -0.25) is 14.7 Å². The second-order valence-electron chi connectivity index (χ2n) is 4.45. The molecular formula is C13H15N3O2. The Labute approximate surface area is 104 Å². The van der Waals surface area contributed by atoms with E-state index in [0.717, 1.165) is 19.4 Å². The van der Waals surface area contributed by atoms with Crippen LogP contribution in [0, 0.1) is 0 Å². The van der Waals surface area contributed by atoms with Gasteiger partial charge in [0.2, 0.25) is 0 Å². The van der Waals surface area contributed by atoms with Crippen molar-refractivity contribution in [2.24, 2.45) is 0 Å². The van der Waals surface area contributed by atoms with Crippen LogP contribution in [0.15, 0.2) is 29.3 Å². The van der Waals surface area contributed by atoms with Crippen LogP contribution in [-0.4, -0.2) is 23.2 Å². The SMILES string of the molecule is COc1ccc2ncn(C3CCCN3)c(=O)c2c1. The summed E-state index contributed by atoms with van der Waals surface area (Å²) < 4.78 is 6.83. The number of ether oxygens (including phenoxy) is 1. The second-order valence-corrected chi connectivity index (χ2v) is 4.45. The highest BCUT2D eigenvalue weighted by atomic mass is 16.5. The zero-order chi connectivity index (χ0) is 12.5. The van der Waals surface area contributed by atoms with Gasteiger partial charge in [0.1, 0.15) is 5.75 Å². The van der Waals surface area contributed by atoms with Crippen molar-refractivity contribution in [3.8, 4) is 5.75 Å². The molecule has 2 aromatic rings. The third-order valence-corrected chi connectivity index (χ3v) is 3.36. The zero-order valence-corrected chi connectivity index (χ0v) is 10.2. The first-order valence-electron chi connectivity index (χ1n) is 6.08. The van der Waals surface area contributed by atoms with E-state index >= 15 is 0 Å². The summed E-state index contributed by atoms with van der Waals surface area (Å²) in [5.74, 6) is 0.679. The molecule has 2 heterocycles. The standard InChI is InChI=1S/C13H15N3O2/c1-18-9-4-5-11-10(7-9)13(17)16(8-15-11)12-3-2-6-14-12/h4-5,7-8,12,14H,2-3,6H2,1H3. The molecule has 18 heavy (non-hydrogen) atoms. The van der Waals surface area contributed by atoms with Crippen molar-refractivity contribution in [2.75, 3.05) is 13.7 Å². The maximum atomic E-state index is 12.4. The number of fused-ring (bicyclic) bond motifs is 1. The molecule has 3 rings (SSSR count). The molecule has 1 aromatic heterocycles. The smallest absolute Gasteiger partial charge is 0.262 e. The van der Waals surface area contributed by atoms with Gasteiger partial charge >= 0.3 is 0 Å². The number of nitrogens with one attached hydrogen (secondary N) is 1. The van der Waals surface area contributed by atoms with Gasteiger partial charge in [-0.2, -0.15) is 0 Å². The first kappa shape index (κ1) is 11.2.